The number of carbonyl (C=O) groups is 2. The van der Waals surface area contributed by atoms with Crippen LogP contribution in [0.2, 0.25) is 0 Å². The molecule has 0 aliphatic carbocycles. The summed E-state index contributed by atoms with van der Waals surface area (Å²) in [5.74, 6) is -1.45. The zero-order valence-corrected chi connectivity index (χ0v) is 22.7. The number of nitrogens with zero attached hydrogens (tertiary/aromatic N) is 3. The molecule has 0 amide bonds. The number of Topliss-reactive ketones (excluding diaryl/α,β-unsaturated/α-hetero) is 2. The molecule has 2 aromatic carbocycles. The van der Waals surface area contributed by atoms with Crippen LogP contribution < -0.4 is 14.2 Å². The number of hydrogen-bond acceptors (Lipinski definition) is 8. The molecule has 0 bridgehead atoms. The Kier molecular flexibility index (Phi) is 7.56. The molecule has 4 aromatic rings. The molecule has 0 N–H and O–H groups in total. The SMILES string of the molecule is COc1cc2nccc(Oc3ccc(CC(=O)C4=NCC(C)=C(c5ccc(F)cc5C)C4=O)cc3F)c2nc1OC. The smallest absolute Gasteiger partial charge is 0.257 e. The standard InChI is InChI=1S/C31H25F2N3O5/c1-16-11-19(32)6-7-20(16)27-17(2)15-35-29(30(27)38)23(37)13-18-5-8-24(21(33)12-18)41-25-9-10-34-22-14-26(39-3)31(40-4)36-28(22)25/h5-12,14H,13,15H2,1-4H3. The van der Waals surface area contributed by atoms with Crippen molar-refractivity contribution in [2.75, 3.05) is 20.8 Å². The van der Waals surface area contributed by atoms with Gasteiger partial charge in [0, 0.05) is 30.3 Å². The average molecular weight is 558 g/mol. The first-order valence-corrected chi connectivity index (χ1v) is 12.6. The predicted molar refractivity (Wildman–Crippen MR) is 149 cm³/mol. The highest BCUT2D eigenvalue weighted by atomic mass is 19.1. The maximum absolute atomic E-state index is 15.1. The lowest BCUT2D eigenvalue weighted by Gasteiger charge is -2.18. The van der Waals surface area contributed by atoms with E-state index in [1.807, 2.05) is 0 Å². The first-order valence-electron chi connectivity index (χ1n) is 12.6. The normalized spacial score (nSPS) is 13.3. The van der Waals surface area contributed by atoms with Gasteiger partial charge in [0.15, 0.2) is 28.8 Å². The van der Waals surface area contributed by atoms with Crippen LogP contribution in [0.25, 0.3) is 16.6 Å². The van der Waals surface area contributed by atoms with E-state index in [1.54, 1.807) is 26.0 Å². The van der Waals surface area contributed by atoms with E-state index in [-0.39, 0.29) is 36.1 Å². The Morgan fingerprint density at radius 3 is 2.46 bits per heavy atom. The molecule has 2 aromatic heterocycles. The van der Waals surface area contributed by atoms with Crippen molar-refractivity contribution in [2.24, 2.45) is 4.99 Å². The summed E-state index contributed by atoms with van der Waals surface area (Å²) in [7, 11) is 2.93. The Morgan fingerprint density at radius 1 is 0.951 bits per heavy atom. The zero-order chi connectivity index (χ0) is 29.3. The number of fused-ring (bicyclic) bond motifs is 1. The summed E-state index contributed by atoms with van der Waals surface area (Å²) in [4.78, 5) is 39.3. The van der Waals surface area contributed by atoms with Gasteiger partial charge in [0.25, 0.3) is 5.88 Å². The number of rotatable bonds is 8. The fourth-order valence-electron chi connectivity index (χ4n) is 4.65. The Balaban J connectivity index is 1.35. The zero-order valence-electron chi connectivity index (χ0n) is 22.7. The summed E-state index contributed by atoms with van der Waals surface area (Å²) in [5.41, 5.74) is 3.07. The van der Waals surface area contributed by atoms with Crippen molar-refractivity contribution in [1.82, 2.24) is 9.97 Å². The van der Waals surface area contributed by atoms with E-state index in [9.17, 15) is 14.0 Å². The number of ether oxygens (including phenoxy) is 3. The second-order valence-electron chi connectivity index (χ2n) is 9.45. The van der Waals surface area contributed by atoms with Gasteiger partial charge in [0.05, 0.1) is 26.3 Å². The second kappa shape index (κ2) is 11.2. The third-order valence-electron chi connectivity index (χ3n) is 6.67. The van der Waals surface area contributed by atoms with Crippen molar-refractivity contribution in [2.45, 2.75) is 20.3 Å². The third-order valence-corrected chi connectivity index (χ3v) is 6.67. The average Bonchev–Trinajstić information content (AvgIpc) is 2.94. The molecule has 0 spiro atoms. The van der Waals surface area contributed by atoms with E-state index in [2.05, 4.69) is 15.0 Å². The van der Waals surface area contributed by atoms with E-state index in [0.29, 0.717) is 44.6 Å². The van der Waals surface area contributed by atoms with Crippen LogP contribution in [0.4, 0.5) is 8.78 Å². The first-order chi connectivity index (χ1) is 19.7. The minimum absolute atomic E-state index is 0.0935. The Bertz CT molecular complexity index is 1780. The highest BCUT2D eigenvalue weighted by molar-refractivity contribution is 6.74. The second-order valence-corrected chi connectivity index (χ2v) is 9.45. The summed E-state index contributed by atoms with van der Waals surface area (Å²) in [5, 5.41) is 0. The molecule has 1 aliphatic rings. The predicted octanol–water partition coefficient (Wildman–Crippen LogP) is 5.63. The van der Waals surface area contributed by atoms with Crippen molar-refractivity contribution in [3.63, 3.8) is 0 Å². The minimum Gasteiger partial charge on any atom is -0.491 e. The number of dihydropyridines is 1. The molecule has 0 unspecified atom stereocenters. The van der Waals surface area contributed by atoms with Gasteiger partial charge in [-0.15, -0.1) is 0 Å². The molecule has 1 aliphatic heterocycles. The fraction of sp³-hybridized carbons (Fsp3) is 0.194. The molecule has 0 atom stereocenters. The molecule has 8 nitrogen and oxygen atoms in total. The van der Waals surface area contributed by atoms with Crippen LogP contribution in [-0.4, -0.2) is 48.0 Å². The van der Waals surface area contributed by atoms with Gasteiger partial charge in [0.1, 0.15) is 17.0 Å². The highest BCUT2D eigenvalue weighted by Crippen LogP contribution is 2.35. The molecule has 5 rings (SSSR count). The topological polar surface area (TPSA) is 100.0 Å². The summed E-state index contributed by atoms with van der Waals surface area (Å²) in [6, 6.07) is 11.4. The van der Waals surface area contributed by atoms with E-state index in [1.165, 1.54) is 56.8 Å². The molecule has 41 heavy (non-hydrogen) atoms. The maximum atomic E-state index is 15.1. The number of halogens is 2. The minimum atomic E-state index is -0.712. The third kappa shape index (κ3) is 5.41. The van der Waals surface area contributed by atoms with E-state index < -0.39 is 23.2 Å². The molecule has 0 fully saturated rings. The van der Waals surface area contributed by atoms with Gasteiger partial charge < -0.3 is 14.2 Å². The van der Waals surface area contributed by atoms with Crippen LogP contribution in [0.3, 0.4) is 0 Å². The van der Waals surface area contributed by atoms with Crippen molar-refractivity contribution in [1.29, 1.82) is 0 Å². The number of methoxy groups -OCH3 is 2. The summed E-state index contributed by atoms with van der Waals surface area (Å²) >= 11 is 0. The monoisotopic (exact) mass is 557 g/mol. The molecular weight excluding hydrogens is 532 g/mol. The number of aryl methyl sites for hydroxylation is 1. The maximum Gasteiger partial charge on any atom is 0.257 e. The van der Waals surface area contributed by atoms with Gasteiger partial charge in [-0.3, -0.25) is 19.6 Å². The molecule has 0 saturated carbocycles. The highest BCUT2D eigenvalue weighted by Gasteiger charge is 2.30. The number of ketones is 2. The molecule has 0 saturated heterocycles. The van der Waals surface area contributed by atoms with Crippen molar-refractivity contribution < 1.29 is 32.6 Å². The summed E-state index contributed by atoms with van der Waals surface area (Å²) < 4.78 is 45.1. The van der Waals surface area contributed by atoms with Crippen molar-refractivity contribution in [3.8, 4) is 23.1 Å². The van der Waals surface area contributed by atoms with Crippen LogP contribution in [0.15, 0.2) is 65.3 Å². The van der Waals surface area contributed by atoms with Crippen molar-refractivity contribution in [3.05, 3.63) is 88.6 Å². The quantitative estimate of drug-likeness (QED) is 0.277. The summed E-state index contributed by atoms with van der Waals surface area (Å²) in [6.45, 7) is 3.61. The number of pyridine rings is 2. The van der Waals surface area contributed by atoms with Crippen LogP contribution >= 0.6 is 0 Å². The molecule has 3 heterocycles. The largest absolute Gasteiger partial charge is 0.491 e. The van der Waals surface area contributed by atoms with E-state index >= 15 is 4.39 Å². The van der Waals surface area contributed by atoms with Crippen LogP contribution in [0.1, 0.15) is 23.6 Å². The van der Waals surface area contributed by atoms with Crippen molar-refractivity contribution >= 4 is 33.9 Å². The van der Waals surface area contributed by atoms with Gasteiger partial charge >= 0.3 is 0 Å². The number of allylic oxidation sites excluding steroid dienone is 1. The van der Waals surface area contributed by atoms with Crippen LogP contribution in [-0.2, 0) is 16.0 Å². The number of carbonyl (C=O) groups excluding carboxylic acids is 2. The Hall–Kier alpha value is -4.99. The number of hydrogen-bond donors (Lipinski definition) is 0. The molecule has 10 heteroatoms. The fourth-order valence-corrected chi connectivity index (χ4v) is 4.65. The van der Waals surface area contributed by atoms with Crippen LogP contribution in [0.5, 0.6) is 23.1 Å². The molecular formula is C31H25F2N3O5. The number of aromatic nitrogens is 2. The Labute approximate surface area is 234 Å². The van der Waals surface area contributed by atoms with Gasteiger partial charge in [-0.05, 0) is 60.4 Å². The van der Waals surface area contributed by atoms with Crippen LogP contribution in [0, 0.1) is 18.6 Å². The Morgan fingerprint density at radius 2 is 1.76 bits per heavy atom. The number of aliphatic imine (C=N–C) groups is 1. The van der Waals surface area contributed by atoms with Gasteiger partial charge in [0.2, 0.25) is 5.78 Å². The van der Waals surface area contributed by atoms with E-state index in [4.69, 9.17) is 14.2 Å². The van der Waals surface area contributed by atoms with Gasteiger partial charge in [-0.25, -0.2) is 13.8 Å². The van der Waals surface area contributed by atoms with E-state index in [0.717, 1.165) is 0 Å². The number of benzene rings is 2. The van der Waals surface area contributed by atoms with Gasteiger partial charge in [-0.1, -0.05) is 12.1 Å². The summed E-state index contributed by atoms with van der Waals surface area (Å²) in [6.07, 6.45) is 1.25. The lowest BCUT2D eigenvalue weighted by Crippen LogP contribution is -2.30. The first kappa shape index (κ1) is 27.6. The lowest BCUT2D eigenvalue weighted by atomic mass is 9.87. The lowest BCUT2D eigenvalue weighted by molar-refractivity contribution is -0.114. The molecule has 0 radical (unpaired) electrons. The van der Waals surface area contributed by atoms with Gasteiger partial charge in [-0.2, -0.15) is 0 Å². The molecule has 208 valence electrons.